The van der Waals surface area contributed by atoms with E-state index in [4.69, 9.17) is 11.5 Å². The van der Waals surface area contributed by atoms with Crippen molar-refractivity contribution in [3.63, 3.8) is 0 Å². The molecular weight excluding hydrogens is 170 g/mol. The number of unbranched alkanes of at least 4 members (excludes halogenated alkanes) is 1. The van der Waals surface area contributed by atoms with Gasteiger partial charge in [0.05, 0.1) is 12.6 Å². The lowest BCUT2D eigenvalue weighted by atomic mass is 10.1. The van der Waals surface area contributed by atoms with Crippen LogP contribution in [0.2, 0.25) is 0 Å². The van der Waals surface area contributed by atoms with E-state index in [2.05, 4.69) is 5.32 Å². The van der Waals surface area contributed by atoms with Crippen LogP contribution >= 0.6 is 0 Å². The summed E-state index contributed by atoms with van der Waals surface area (Å²) in [6.07, 6.45) is 3.06. The Bertz CT molecular complexity index is 161. The zero-order valence-corrected chi connectivity index (χ0v) is 7.66. The van der Waals surface area contributed by atoms with Gasteiger partial charge in [-0.3, -0.25) is 10.1 Å². The summed E-state index contributed by atoms with van der Waals surface area (Å²) < 4.78 is 0. The van der Waals surface area contributed by atoms with E-state index < -0.39 is 11.9 Å². The second kappa shape index (κ2) is 7.70. The number of nitrogens with one attached hydrogen (secondary N) is 1. The Morgan fingerprint density at radius 1 is 1.46 bits per heavy atom. The molecule has 5 N–H and O–H groups in total. The molecule has 0 aromatic heterocycles. The van der Waals surface area contributed by atoms with Crippen molar-refractivity contribution in [1.29, 1.82) is 0 Å². The summed E-state index contributed by atoms with van der Waals surface area (Å²) in [5, 5.41) is 2.74. The van der Waals surface area contributed by atoms with Crippen molar-refractivity contribution in [1.82, 2.24) is 5.32 Å². The van der Waals surface area contributed by atoms with Crippen molar-refractivity contribution in [2.75, 3.05) is 13.1 Å². The number of nitrogens with two attached hydrogens (primary N) is 2. The van der Waals surface area contributed by atoms with Crippen molar-refractivity contribution in [2.45, 2.75) is 25.3 Å². The van der Waals surface area contributed by atoms with Crippen LogP contribution in [0.15, 0.2) is 0 Å². The molecule has 0 radical (unpaired) electrons. The Kier molecular flexibility index (Phi) is 7.14. The average Bonchev–Trinajstić information content (AvgIpc) is 2.10. The Morgan fingerprint density at radius 2 is 2.15 bits per heavy atom. The van der Waals surface area contributed by atoms with Gasteiger partial charge in [-0.15, -0.1) is 0 Å². The zero-order chi connectivity index (χ0) is 10.1. The highest BCUT2D eigenvalue weighted by Gasteiger charge is 2.12. The van der Waals surface area contributed by atoms with Crippen LogP contribution in [-0.2, 0) is 9.59 Å². The molecule has 1 atom stereocenters. The summed E-state index contributed by atoms with van der Waals surface area (Å²) in [5.41, 5.74) is 10.4. The van der Waals surface area contributed by atoms with Gasteiger partial charge in [0, 0.05) is 0 Å². The van der Waals surface area contributed by atoms with Crippen molar-refractivity contribution >= 4 is 12.2 Å². The van der Waals surface area contributed by atoms with Crippen LogP contribution in [0, 0.1) is 0 Å². The summed E-state index contributed by atoms with van der Waals surface area (Å²) in [7, 11) is 0. The normalized spacial score (nSPS) is 12.4. The standard InChI is InChI=1S/C8H17N3O2/c9-4-2-1-3-7(8(10)13)11-5-6-12/h6-7,11H,1-5,9H2,(H2,10,13)/t7-/m0/s1. The molecule has 0 spiro atoms. The monoisotopic (exact) mass is 187 g/mol. The molecule has 0 bridgehead atoms. The predicted molar refractivity (Wildman–Crippen MR) is 50.0 cm³/mol. The van der Waals surface area contributed by atoms with Gasteiger partial charge >= 0.3 is 0 Å². The number of aldehydes is 1. The fourth-order valence-corrected chi connectivity index (χ4v) is 1.03. The minimum absolute atomic E-state index is 0.163. The van der Waals surface area contributed by atoms with E-state index in [1.807, 2.05) is 0 Å². The molecule has 0 aliphatic rings. The van der Waals surface area contributed by atoms with Crippen LogP contribution in [0.1, 0.15) is 19.3 Å². The van der Waals surface area contributed by atoms with Crippen LogP contribution in [-0.4, -0.2) is 31.3 Å². The number of carbonyl (C=O) groups is 2. The summed E-state index contributed by atoms with van der Waals surface area (Å²) in [6, 6.07) is -0.406. The van der Waals surface area contributed by atoms with Gasteiger partial charge in [-0.2, -0.15) is 0 Å². The van der Waals surface area contributed by atoms with Crippen molar-refractivity contribution in [3.05, 3.63) is 0 Å². The van der Waals surface area contributed by atoms with Crippen LogP contribution < -0.4 is 16.8 Å². The molecule has 0 aromatic rings. The highest BCUT2D eigenvalue weighted by Crippen LogP contribution is 1.99. The largest absolute Gasteiger partial charge is 0.368 e. The first-order valence-corrected chi connectivity index (χ1v) is 4.38. The average molecular weight is 187 g/mol. The molecule has 0 heterocycles. The molecule has 0 rings (SSSR count). The predicted octanol–water partition coefficient (Wildman–Crippen LogP) is -1.24. The summed E-state index contributed by atoms with van der Waals surface area (Å²) in [5.74, 6) is -0.418. The molecule has 5 heteroatoms. The van der Waals surface area contributed by atoms with Gasteiger partial charge in [0.25, 0.3) is 0 Å². The fourth-order valence-electron chi connectivity index (χ4n) is 1.03. The van der Waals surface area contributed by atoms with Crippen molar-refractivity contribution in [3.8, 4) is 0 Å². The summed E-state index contributed by atoms with van der Waals surface area (Å²) >= 11 is 0. The smallest absolute Gasteiger partial charge is 0.234 e. The van der Waals surface area contributed by atoms with Gasteiger partial charge in [-0.1, -0.05) is 6.42 Å². The Hall–Kier alpha value is -0.940. The number of hydrogen-bond donors (Lipinski definition) is 3. The highest BCUT2D eigenvalue weighted by atomic mass is 16.1. The molecule has 0 aromatic carbocycles. The first-order chi connectivity index (χ1) is 6.22. The van der Waals surface area contributed by atoms with E-state index in [0.29, 0.717) is 19.3 Å². The van der Waals surface area contributed by atoms with Crippen LogP contribution in [0.3, 0.4) is 0 Å². The SMILES string of the molecule is NCCCC[C@H](NCC=O)C(N)=O. The minimum atomic E-state index is -0.418. The molecule has 0 saturated carbocycles. The maximum Gasteiger partial charge on any atom is 0.234 e. The van der Waals surface area contributed by atoms with E-state index in [1.165, 1.54) is 0 Å². The first kappa shape index (κ1) is 12.1. The van der Waals surface area contributed by atoms with Gasteiger partial charge in [-0.25, -0.2) is 0 Å². The van der Waals surface area contributed by atoms with Crippen LogP contribution in [0.5, 0.6) is 0 Å². The van der Waals surface area contributed by atoms with E-state index in [1.54, 1.807) is 0 Å². The van der Waals surface area contributed by atoms with Gasteiger partial charge in [-0.05, 0) is 19.4 Å². The Labute approximate surface area is 77.8 Å². The van der Waals surface area contributed by atoms with E-state index >= 15 is 0 Å². The molecule has 0 aliphatic carbocycles. The Balaban J connectivity index is 3.66. The quantitative estimate of drug-likeness (QED) is 0.327. The summed E-state index contributed by atoms with van der Waals surface area (Å²) in [6.45, 7) is 0.773. The molecule has 5 nitrogen and oxygen atoms in total. The third-order valence-corrected chi connectivity index (χ3v) is 1.74. The first-order valence-electron chi connectivity index (χ1n) is 4.38. The molecule has 1 amide bonds. The van der Waals surface area contributed by atoms with Crippen LogP contribution in [0.4, 0.5) is 0 Å². The third-order valence-electron chi connectivity index (χ3n) is 1.74. The molecule has 0 unspecified atom stereocenters. The topological polar surface area (TPSA) is 98.2 Å². The maximum absolute atomic E-state index is 10.8. The molecular formula is C8H17N3O2. The Morgan fingerprint density at radius 3 is 2.62 bits per heavy atom. The number of hydrogen-bond acceptors (Lipinski definition) is 4. The number of amides is 1. The van der Waals surface area contributed by atoms with Gasteiger partial charge in [0.2, 0.25) is 5.91 Å². The molecule has 76 valence electrons. The molecule has 0 saturated heterocycles. The maximum atomic E-state index is 10.8. The highest BCUT2D eigenvalue weighted by molar-refractivity contribution is 5.80. The van der Waals surface area contributed by atoms with E-state index in [0.717, 1.165) is 12.8 Å². The van der Waals surface area contributed by atoms with Crippen molar-refractivity contribution < 1.29 is 9.59 Å². The van der Waals surface area contributed by atoms with E-state index in [9.17, 15) is 9.59 Å². The minimum Gasteiger partial charge on any atom is -0.368 e. The van der Waals surface area contributed by atoms with Gasteiger partial charge in [0.1, 0.15) is 6.29 Å². The lowest BCUT2D eigenvalue weighted by Gasteiger charge is -2.12. The van der Waals surface area contributed by atoms with Gasteiger partial charge in [0.15, 0.2) is 0 Å². The van der Waals surface area contributed by atoms with Crippen molar-refractivity contribution in [2.24, 2.45) is 11.5 Å². The second-order valence-electron chi connectivity index (χ2n) is 2.81. The fraction of sp³-hybridized carbons (Fsp3) is 0.750. The second-order valence-corrected chi connectivity index (χ2v) is 2.81. The molecule has 0 aliphatic heterocycles. The molecule has 0 fully saturated rings. The van der Waals surface area contributed by atoms with Gasteiger partial charge < -0.3 is 16.3 Å². The lowest BCUT2D eigenvalue weighted by molar-refractivity contribution is -0.120. The molecule has 13 heavy (non-hydrogen) atoms. The lowest BCUT2D eigenvalue weighted by Crippen LogP contribution is -2.42. The van der Waals surface area contributed by atoms with Crippen LogP contribution in [0.25, 0.3) is 0 Å². The number of primary amides is 1. The third kappa shape index (κ3) is 6.24. The summed E-state index contributed by atoms with van der Waals surface area (Å²) in [4.78, 5) is 20.8. The zero-order valence-electron chi connectivity index (χ0n) is 7.66. The number of carbonyl (C=O) groups excluding carboxylic acids is 2. The van der Waals surface area contributed by atoms with E-state index in [-0.39, 0.29) is 6.54 Å². The number of rotatable bonds is 8.